The Hall–Kier alpha value is -1.06. The van der Waals surface area contributed by atoms with Gasteiger partial charge in [-0.15, -0.1) is 0 Å². The summed E-state index contributed by atoms with van der Waals surface area (Å²) in [6.07, 6.45) is 0.568. The number of fused-ring (bicyclic) bond motifs is 2. The van der Waals surface area contributed by atoms with Crippen LogP contribution < -0.4 is 4.74 Å². The lowest BCUT2D eigenvalue weighted by Crippen LogP contribution is -2.69. The minimum Gasteiger partial charge on any atom is -0.497 e. The van der Waals surface area contributed by atoms with Crippen LogP contribution in [-0.4, -0.2) is 69.6 Å². The zero-order chi connectivity index (χ0) is 31.0. The SMILES string of the molecule is COc1ccc(CO[C@@H]2c3nc(I)cn3[C@H](CO[Si](C(C)C)(C(C)C)C(C)C)[C@H]3O[C@](C)(OC)[C@@](C)(OC)O[C@@H]32)cc1. The van der Waals surface area contributed by atoms with E-state index < -0.39 is 38.2 Å². The smallest absolute Gasteiger partial charge is 0.220 e. The molecule has 4 rings (SSSR count). The Morgan fingerprint density at radius 1 is 0.905 bits per heavy atom. The number of hydrogen-bond acceptors (Lipinski definition) is 8. The van der Waals surface area contributed by atoms with Crippen molar-refractivity contribution in [2.24, 2.45) is 0 Å². The fourth-order valence-electron chi connectivity index (χ4n) is 7.01. The monoisotopic (exact) mass is 716 g/mol. The maximum atomic E-state index is 7.16. The Morgan fingerprint density at radius 3 is 1.95 bits per heavy atom. The van der Waals surface area contributed by atoms with Gasteiger partial charge in [0, 0.05) is 20.4 Å². The molecule has 1 saturated heterocycles. The van der Waals surface area contributed by atoms with Crippen LogP contribution in [0.1, 0.15) is 78.9 Å². The van der Waals surface area contributed by atoms with Crippen LogP contribution in [-0.2, 0) is 34.7 Å². The number of rotatable bonds is 12. The van der Waals surface area contributed by atoms with Gasteiger partial charge in [-0.05, 0) is 70.8 Å². The van der Waals surface area contributed by atoms with Gasteiger partial charge in [-0.3, -0.25) is 0 Å². The lowest BCUT2D eigenvalue weighted by Gasteiger charge is -2.56. The number of methoxy groups -OCH3 is 3. The van der Waals surface area contributed by atoms with Crippen molar-refractivity contribution < 1.29 is 32.8 Å². The molecule has 1 aromatic heterocycles. The van der Waals surface area contributed by atoms with Crippen LogP contribution in [0.15, 0.2) is 30.5 Å². The van der Waals surface area contributed by atoms with Gasteiger partial charge in [-0.1, -0.05) is 53.7 Å². The highest BCUT2D eigenvalue weighted by Crippen LogP contribution is 2.50. The molecule has 2 aromatic rings. The first-order valence-corrected chi connectivity index (χ1v) is 18.1. The van der Waals surface area contributed by atoms with Gasteiger partial charge in [0.25, 0.3) is 0 Å². The molecule has 9 nitrogen and oxygen atoms in total. The topological polar surface area (TPSA) is 82.4 Å². The highest BCUT2D eigenvalue weighted by Gasteiger charge is 2.62. The molecule has 2 aliphatic rings. The van der Waals surface area contributed by atoms with E-state index in [1.165, 1.54) is 0 Å². The van der Waals surface area contributed by atoms with Crippen molar-refractivity contribution in [3.05, 3.63) is 45.6 Å². The maximum Gasteiger partial charge on any atom is 0.220 e. The van der Waals surface area contributed by atoms with Crippen LogP contribution in [0, 0.1) is 3.70 Å². The van der Waals surface area contributed by atoms with Crippen molar-refractivity contribution in [2.45, 2.75) is 115 Å². The first-order chi connectivity index (χ1) is 19.8. The van der Waals surface area contributed by atoms with Gasteiger partial charge in [0.05, 0.1) is 26.4 Å². The average Bonchev–Trinajstić information content (AvgIpc) is 3.34. The summed E-state index contributed by atoms with van der Waals surface area (Å²) in [4.78, 5) is 4.95. The van der Waals surface area contributed by atoms with Crippen LogP contribution in [0.25, 0.3) is 0 Å². The Labute approximate surface area is 266 Å². The number of ether oxygens (including phenoxy) is 6. The minimum atomic E-state index is -2.18. The largest absolute Gasteiger partial charge is 0.497 e. The Morgan fingerprint density at radius 2 is 1.45 bits per heavy atom. The quantitative estimate of drug-likeness (QED) is 0.172. The summed E-state index contributed by atoms with van der Waals surface area (Å²) >= 11 is 2.26. The van der Waals surface area contributed by atoms with Gasteiger partial charge in [0.15, 0.2) is 8.32 Å². The standard InChI is InChI=1S/C31H49IN2O7Si/c1-19(2)42(20(3)4,21(5)6)39-18-24-26-27(41-31(8,37-11)30(7,36-10)40-26)28(29-33-25(32)16-34(24)29)38-17-22-12-14-23(35-9)15-13-22/h12-16,19-21,24,26-28H,17-18H2,1-11H3/t24-,26-,27+,28+,30+,31+/m1/s1. The molecule has 0 saturated carbocycles. The summed E-state index contributed by atoms with van der Waals surface area (Å²) in [5.74, 6) is -0.774. The van der Waals surface area contributed by atoms with E-state index in [2.05, 4.69) is 74.9 Å². The van der Waals surface area contributed by atoms with Crippen molar-refractivity contribution in [1.29, 1.82) is 0 Å². The highest BCUT2D eigenvalue weighted by atomic mass is 127. The van der Waals surface area contributed by atoms with Crippen molar-refractivity contribution in [3.63, 3.8) is 0 Å². The molecule has 3 heterocycles. The van der Waals surface area contributed by atoms with E-state index in [0.717, 1.165) is 20.8 Å². The van der Waals surface area contributed by atoms with E-state index in [1.807, 2.05) is 38.1 Å². The lowest BCUT2D eigenvalue weighted by atomic mass is 9.91. The summed E-state index contributed by atoms with van der Waals surface area (Å²) in [5.41, 5.74) is 2.36. The second-order valence-electron chi connectivity index (χ2n) is 12.6. The molecule has 0 aliphatic carbocycles. The van der Waals surface area contributed by atoms with Gasteiger partial charge in [-0.25, -0.2) is 4.98 Å². The summed E-state index contributed by atoms with van der Waals surface area (Å²) in [7, 11) is 2.71. The zero-order valence-electron chi connectivity index (χ0n) is 27.0. The van der Waals surface area contributed by atoms with Crippen molar-refractivity contribution in [3.8, 4) is 5.75 Å². The van der Waals surface area contributed by atoms with Gasteiger partial charge >= 0.3 is 0 Å². The molecule has 6 atom stereocenters. The third-order valence-electron chi connectivity index (χ3n) is 9.47. The molecule has 0 amide bonds. The average molecular weight is 717 g/mol. The maximum absolute atomic E-state index is 7.16. The molecule has 0 spiro atoms. The van der Waals surface area contributed by atoms with Gasteiger partial charge in [0.1, 0.15) is 33.6 Å². The molecule has 0 bridgehead atoms. The molecule has 0 N–H and O–H groups in total. The van der Waals surface area contributed by atoms with E-state index in [0.29, 0.717) is 29.8 Å². The Balaban J connectivity index is 1.76. The van der Waals surface area contributed by atoms with Crippen LogP contribution in [0.4, 0.5) is 0 Å². The first kappa shape index (κ1) is 33.8. The molecular weight excluding hydrogens is 667 g/mol. The van der Waals surface area contributed by atoms with E-state index >= 15 is 0 Å². The number of aromatic nitrogens is 2. The fraction of sp³-hybridized carbons (Fsp3) is 0.710. The molecule has 42 heavy (non-hydrogen) atoms. The van der Waals surface area contributed by atoms with Crippen molar-refractivity contribution in [2.75, 3.05) is 27.9 Å². The highest BCUT2D eigenvalue weighted by molar-refractivity contribution is 14.1. The normalized spacial score (nSPS) is 29.7. The second-order valence-corrected chi connectivity index (χ2v) is 19.1. The van der Waals surface area contributed by atoms with Gasteiger partial charge < -0.3 is 37.4 Å². The summed E-state index contributed by atoms with van der Waals surface area (Å²) in [6.45, 7) is 18.4. The number of nitrogens with zero attached hydrogens (tertiary/aromatic N) is 2. The predicted molar refractivity (Wildman–Crippen MR) is 172 cm³/mol. The molecule has 1 aromatic carbocycles. The minimum absolute atomic E-state index is 0.208. The first-order valence-electron chi connectivity index (χ1n) is 14.9. The third kappa shape index (κ3) is 5.96. The van der Waals surface area contributed by atoms with Crippen LogP contribution >= 0.6 is 22.6 Å². The lowest BCUT2D eigenvalue weighted by molar-refractivity contribution is -0.462. The van der Waals surface area contributed by atoms with E-state index in [4.69, 9.17) is 37.8 Å². The predicted octanol–water partition coefficient (Wildman–Crippen LogP) is 7.01. The van der Waals surface area contributed by atoms with E-state index in [9.17, 15) is 0 Å². The van der Waals surface area contributed by atoms with E-state index in [1.54, 1.807) is 21.3 Å². The van der Waals surface area contributed by atoms with Crippen molar-refractivity contribution >= 4 is 30.9 Å². The Kier molecular flexibility index (Phi) is 10.6. The Bertz CT molecular complexity index is 1170. The number of benzene rings is 1. The van der Waals surface area contributed by atoms with Crippen LogP contribution in [0.5, 0.6) is 5.75 Å². The molecule has 0 radical (unpaired) electrons. The van der Waals surface area contributed by atoms with Gasteiger partial charge in [-0.2, -0.15) is 0 Å². The molecule has 236 valence electrons. The zero-order valence-corrected chi connectivity index (χ0v) is 30.1. The molecule has 1 fully saturated rings. The van der Waals surface area contributed by atoms with Crippen LogP contribution in [0.3, 0.4) is 0 Å². The summed E-state index contributed by atoms with van der Waals surface area (Å²) in [5, 5.41) is 0. The van der Waals surface area contributed by atoms with Crippen molar-refractivity contribution in [1.82, 2.24) is 9.55 Å². The molecular formula is C31H49IN2O7Si. The summed E-state index contributed by atoms with van der Waals surface area (Å²) in [6, 6.07) is 7.65. The van der Waals surface area contributed by atoms with Crippen LogP contribution in [0.2, 0.25) is 16.6 Å². The number of halogens is 1. The molecule has 0 unspecified atom stereocenters. The van der Waals surface area contributed by atoms with E-state index in [-0.39, 0.29) is 6.04 Å². The number of imidazole rings is 1. The van der Waals surface area contributed by atoms with Gasteiger partial charge in [0.2, 0.25) is 11.6 Å². The third-order valence-corrected chi connectivity index (χ3v) is 16.1. The molecule has 2 aliphatic heterocycles. The number of hydrogen-bond donors (Lipinski definition) is 0. The summed E-state index contributed by atoms with van der Waals surface area (Å²) < 4.78 is 47.7. The fourth-order valence-corrected chi connectivity index (χ4v) is 13.0. The molecule has 11 heteroatoms. The second kappa shape index (κ2) is 13.1.